The largest absolute Gasteiger partial charge is 0.308 e. The molecule has 0 unspecified atom stereocenters. The first kappa shape index (κ1) is 13.7. The first-order chi connectivity index (χ1) is 9.13. The lowest BCUT2D eigenvalue weighted by molar-refractivity contribution is 0.0987. The predicted octanol–water partition coefficient (Wildman–Crippen LogP) is 3.65. The van der Waals surface area contributed by atoms with Crippen LogP contribution in [0.25, 0.3) is 0 Å². The molecule has 19 heavy (non-hydrogen) atoms. The van der Waals surface area contributed by atoms with Gasteiger partial charge in [0, 0.05) is 18.4 Å². The van der Waals surface area contributed by atoms with Crippen LogP contribution in [0.2, 0.25) is 0 Å². The van der Waals surface area contributed by atoms with E-state index in [1.807, 2.05) is 6.92 Å². The standard InChI is InChI=1S/C14H12BrFN2O/c1-2-18(11-6-3-5-10(16)9-11)14(19)12-7-4-8-17-13(12)15/h3-9H,2H2,1H3. The van der Waals surface area contributed by atoms with E-state index >= 15 is 0 Å². The Labute approximate surface area is 119 Å². The van der Waals surface area contributed by atoms with Crippen molar-refractivity contribution in [2.75, 3.05) is 11.4 Å². The van der Waals surface area contributed by atoms with Gasteiger partial charge in [-0.05, 0) is 53.2 Å². The van der Waals surface area contributed by atoms with Crippen molar-refractivity contribution in [2.24, 2.45) is 0 Å². The van der Waals surface area contributed by atoms with Gasteiger partial charge >= 0.3 is 0 Å². The predicted molar refractivity (Wildman–Crippen MR) is 75.7 cm³/mol. The van der Waals surface area contributed by atoms with Gasteiger partial charge in [-0.25, -0.2) is 9.37 Å². The van der Waals surface area contributed by atoms with Crippen LogP contribution in [-0.2, 0) is 0 Å². The summed E-state index contributed by atoms with van der Waals surface area (Å²) < 4.78 is 13.7. The molecule has 1 heterocycles. The van der Waals surface area contributed by atoms with Crippen LogP contribution in [0.4, 0.5) is 10.1 Å². The number of hydrogen-bond donors (Lipinski definition) is 0. The van der Waals surface area contributed by atoms with Gasteiger partial charge in [0.1, 0.15) is 10.4 Å². The molecule has 3 nitrogen and oxygen atoms in total. The summed E-state index contributed by atoms with van der Waals surface area (Å²) in [6, 6.07) is 9.35. The number of nitrogens with zero attached hydrogens (tertiary/aromatic N) is 2. The molecule has 0 aliphatic rings. The molecule has 1 aromatic carbocycles. The van der Waals surface area contributed by atoms with Crippen molar-refractivity contribution in [2.45, 2.75) is 6.92 Å². The minimum Gasteiger partial charge on any atom is -0.308 e. The first-order valence-corrected chi connectivity index (χ1v) is 6.60. The average molecular weight is 323 g/mol. The van der Waals surface area contributed by atoms with Crippen LogP contribution in [0.5, 0.6) is 0 Å². The van der Waals surface area contributed by atoms with E-state index in [0.717, 1.165) is 0 Å². The highest BCUT2D eigenvalue weighted by Crippen LogP contribution is 2.21. The molecule has 1 amide bonds. The second-order valence-corrected chi connectivity index (χ2v) is 4.62. The van der Waals surface area contributed by atoms with E-state index in [2.05, 4.69) is 20.9 Å². The Morgan fingerprint density at radius 1 is 1.37 bits per heavy atom. The minimum absolute atomic E-state index is 0.215. The number of rotatable bonds is 3. The Hall–Kier alpha value is -1.75. The topological polar surface area (TPSA) is 33.2 Å². The summed E-state index contributed by atoms with van der Waals surface area (Å²) >= 11 is 3.25. The van der Waals surface area contributed by atoms with Crippen LogP contribution in [0, 0.1) is 5.82 Å². The van der Waals surface area contributed by atoms with E-state index < -0.39 is 0 Å². The summed E-state index contributed by atoms with van der Waals surface area (Å²) in [5, 5.41) is 0. The van der Waals surface area contributed by atoms with Gasteiger partial charge in [0.05, 0.1) is 5.56 Å². The summed E-state index contributed by atoms with van der Waals surface area (Å²) in [6.07, 6.45) is 1.60. The SMILES string of the molecule is CCN(C(=O)c1cccnc1Br)c1cccc(F)c1. The third kappa shape index (κ3) is 2.98. The third-order valence-electron chi connectivity index (χ3n) is 2.67. The third-order valence-corrected chi connectivity index (χ3v) is 3.30. The zero-order valence-corrected chi connectivity index (χ0v) is 11.9. The number of amides is 1. The highest BCUT2D eigenvalue weighted by Gasteiger charge is 2.19. The molecule has 0 radical (unpaired) electrons. The molecule has 0 N–H and O–H groups in total. The second-order valence-electron chi connectivity index (χ2n) is 3.87. The van der Waals surface area contributed by atoms with Crippen molar-refractivity contribution >= 4 is 27.5 Å². The molecule has 0 saturated carbocycles. The van der Waals surface area contributed by atoms with Crippen LogP contribution < -0.4 is 4.90 Å². The zero-order valence-electron chi connectivity index (χ0n) is 10.3. The average Bonchev–Trinajstić information content (AvgIpc) is 2.40. The zero-order chi connectivity index (χ0) is 13.8. The molecule has 0 atom stereocenters. The van der Waals surface area contributed by atoms with Crippen molar-refractivity contribution < 1.29 is 9.18 Å². The maximum Gasteiger partial charge on any atom is 0.261 e. The summed E-state index contributed by atoms with van der Waals surface area (Å²) in [4.78, 5) is 18.0. The van der Waals surface area contributed by atoms with E-state index in [4.69, 9.17) is 0 Å². The Morgan fingerprint density at radius 3 is 2.79 bits per heavy atom. The number of benzene rings is 1. The maximum absolute atomic E-state index is 13.2. The number of carbonyl (C=O) groups is 1. The van der Waals surface area contributed by atoms with E-state index in [0.29, 0.717) is 22.4 Å². The van der Waals surface area contributed by atoms with Gasteiger partial charge in [0.15, 0.2) is 0 Å². The highest BCUT2D eigenvalue weighted by molar-refractivity contribution is 9.10. The highest BCUT2D eigenvalue weighted by atomic mass is 79.9. The summed E-state index contributed by atoms with van der Waals surface area (Å²) in [5.74, 6) is -0.581. The van der Waals surface area contributed by atoms with Crippen molar-refractivity contribution in [3.8, 4) is 0 Å². The van der Waals surface area contributed by atoms with Gasteiger partial charge in [0.2, 0.25) is 0 Å². The number of hydrogen-bond acceptors (Lipinski definition) is 2. The summed E-state index contributed by atoms with van der Waals surface area (Å²) in [5.41, 5.74) is 0.983. The first-order valence-electron chi connectivity index (χ1n) is 5.81. The second kappa shape index (κ2) is 5.93. The number of pyridine rings is 1. The lowest BCUT2D eigenvalue weighted by Gasteiger charge is -2.21. The van der Waals surface area contributed by atoms with E-state index in [9.17, 15) is 9.18 Å². The maximum atomic E-state index is 13.2. The molecular formula is C14H12BrFN2O. The molecule has 2 rings (SSSR count). The fourth-order valence-electron chi connectivity index (χ4n) is 1.78. The van der Waals surface area contributed by atoms with Crippen LogP contribution >= 0.6 is 15.9 Å². The van der Waals surface area contributed by atoms with Crippen molar-refractivity contribution in [3.05, 3.63) is 58.6 Å². The summed E-state index contributed by atoms with van der Waals surface area (Å²) in [6.45, 7) is 2.29. The Kier molecular flexibility index (Phi) is 4.27. The Balaban J connectivity index is 2.38. The molecular weight excluding hydrogens is 311 g/mol. The molecule has 0 aliphatic heterocycles. The molecule has 98 valence electrons. The molecule has 0 fully saturated rings. The number of carbonyl (C=O) groups excluding carboxylic acids is 1. The van der Waals surface area contributed by atoms with Crippen LogP contribution in [-0.4, -0.2) is 17.4 Å². The molecule has 0 spiro atoms. The molecule has 5 heteroatoms. The lowest BCUT2D eigenvalue weighted by Crippen LogP contribution is -2.31. The van der Waals surface area contributed by atoms with E-state index in [1.165, 1.54) is 17.0 Å². The van der Waals surface area contributed by atoms with Crippen molar-refractivity contribution in [1.82, 2.24) is 4.98 Å². The van der Waals surface area contributed by atoms with E-state index in [-0.39, 0.29) is 11.7 Å². The fourth-order valence-corrected chi connectivity index (χ4v) is 2.20. The van der Waals surface area contributed by atoms with Crippen LogP contribution in [0.15, 0.2) is 47.2 Å². The lowest BCUT2D eigenvalue weighted by atomic mass is 10.2. The monoisotopic (exact) mass is 322 g/mol. The van der Waals surface area contributed by atoms with Gasteiger partial charge in [0.25, 0.3) is 5.91 Å². The van der Waals surface area contributed by atoms with E-state index in [1.54, 1.807) is 30.5 Å². The smallest absolute Gasteiger partial charge is 0.261 e. The van der Waals surface area contributed by atoms with Crippen molar-refractivity contribution in [3.63, 3.8) is 0 Å². The Morgan fingerprint density at radius 2 is 2.16 bits per heavy atom. The molecule has 1 aromatic heterocycles. The Bertz CT molecular complexity index is 604. The number of anilines is 1. The fraction of sp³-hybridized carbons (Fsp3) is 0.143. The quantitative estimate of drug-likeness (QED) is 0.808. The van der Waals surface area contributed by atoms with Gasteiger partial charge < -0.3 is 4.90 Å². The van der Waals surface area contributed by atoms with Crippen molar-refractivity contribution in [1.29, 1.82) is 0 Å². The number of aromatic nitrogens is 1. The van der Waals surface area contributed by atoms with Gasteiger partial charge in [-0.1, -0.05) is 6.07 Å². The number of halogens is 2. The molecule has 0 saturated heterocycles. The summed E-state index contributed by atoms with van der Waals surface area (Å²) in [7, 11) is 0. The van der Waals surface area contributed by atoms with Crippen LogP contribution in [0.1, 0.15) is 17.3 Å². The normalized spacial score (nSPS) is 10.3. The minimum atomic E-state index is -0.367. The molecule has 0 bridgehead atoms. The van der Waals surface area contributed by atoms with Crippen LogP contribution in [0.3, 0.4) is 0 Å². The van der Waals surface area contributed by atoms with Gasteiger partial charge in [-0.2, -0.15) is 0 Å². The van der Waals surface area contributed by atoms with Gasteiger partial charge in [-0.3, -0.25) is 4.79 Å². The van der Waals surface area contributed by atoms with Gasteiger partial charge in [-0.15, -0.1) is 0 Å². The molecule has 0 aliphatic carbocycles. The molecule has 2 aromatic rings.